The highest BCUT2D eigenvalue weighted by atomic mass is 35.5. The lowest BCUT2D eigenvalue weighted by Gasteiger charge is -2.46. The fraction of sp³-hybridized carbons (Fsp3) is 0.574. The summed E-state index contributed by atoms with van der Waals surface area (Å²) in [6.07, 6.45) is -4.04. The molecule has 0 bridgehead atoms. The zero-order valence-electron chi connectivity index (χ0n) is 42.9. The Morgan fingerprint density at radius 1 is 0.915 bits per heavy atom. The van der Waals surface area contributed by atoms with Crippen LogP contribution in [0.5, 0.6) is 0 Å². The van der Waals surface area contributed by atoms with Crippen molar-refractivity contribution in [2.24, 2.45) is 23.7 Å². The minimum Gasteiger partial charge on any atom is -0.392 e. The molecule has 0 aliphatic carbocycles. The lowest BCUT2D eigenvalue weighted by Crippen LogP contribution is -2.59. The number of ether oxygens (including phenoxy) is 2. The topological polar surface area (TPSA) is 219 Å². The number of nitrogens with zero attached hydrogens (tertiary/aromatic N) is 2. The number of aliphatic hydroxyl groups is 3. The molecule has 0 unspecified atom stereocenters. The molecule has 2 aliphatic rings. The molecule has 2 saturated heterocycles. The lowest BCUT2D eigenvalue weighted by molar-refractivity contribution is -0.299. The summed E-state index contributed by atoms with van der Waals surface area (Å²) in [7, 11) is 5.37. The number of hydrogen-bond donors (Lipinski definition) is 7. The van der Waals surface area contributed by atoms with Gasteiger partial charge in [-0.2, -0.15) is 0 Å². The van der Waals surface area contributed by atoms with Crippen LogP contribution in [0.1, 0.15) is 84.4 Å². The molecule has 5 rings (SSSR count). The smallest absolute Gasteiger partial charge is 0.247 e. The molecule has 0 saturated carbocycles. The standard InChI is InChI=1S/C54H77ClN6O10/c1-31(2)46-52(68)57-40(25-37-20-22-39(23-21-37)56-51(67)42(27-38-18-14-15-19-41(38)55)58-44(62)26-36-16-12-11-13-17-36)28-45(63)61(10)30-32(3)29-54(7,69)49(34(5)47(64)35(6)50(66)59-46)71-53-48(65)43(60(8)9)24-33(4)70-53/h11-23,31-35,40,42-43,46-49,53,64-65,69H,24-30H2,1-10H3,(H,56,67)(H,57,68)(H,58,62)(H,59,66)/t32-,33-,34+,35-,40-,42+,43+,46+,47+,48-,49-,53+,54-/m1/s1. The second-order valence-electron chi connectivity index (χ2n) is 20.8. The highest BCUT2D eigenvalue weighted by molar-refractivity contribution is 6.31. The van der Waals surface area contributed by atoms with Crippen LogP contribution in [0.15, 0.2) is 78.9 Å². The van der Waals surface area contributed by atoms with Crippen molar-refractivity contribution in [3.63, 3.8) is 0 Å². The van der Waals surface area contributed by atoms with Gasteiger partial charge in [-0.3, -0.25) is 24.0 Å². The van der Waals surface area contributed by atoms with Gasteiger partial charge in [0.2, 0.25) is 29.5 Å². The third-order valence-corrected chi connectivity index (χ3v) is 14.2. The molecule has 16 nitrogen and oxygen atoms in total. The predicted octanol–water partition coefficient (Wildman–Crippen LogP) is 4.50. The summed E-state index contributed by atoms with van der Waals surface area (Å²) in [5.41, 5.74) is 1.04. The number of aliphatic hydroxyl groups excluding tert-OH is 2. The normalized spacial score (nSPS) is 30.0. The van der Waals surface area contributed by atoms with Gasteiger partial charge in [0, 0.05) is 55.1 Å². The Bertz CT molecular complexity index is 2250. The summed E-state index contributed by atoms with van der Waals surface area (Å²) in [5.74, 6) is -4.81. The van der Waals surface area contributed by atoms with Crippen LogP contribution >= 0.6 is 11.6 Å². The number of halogens is 1. The molecule has 5 amide bonds. The Morgan fingerprint density at radius 3 is 2.20 bits per heavy atom. The highest BCUT2D eigenvalue weighted by Crippen LogP contribution is 2.35. The van der Waals surface area contributed by atoms with Gasteiger partial charge in [0.25, 0.3) is 0 Å². The molecule has 0 aromatic heterocycles. The zero-order valence-corrected chi connectivity index (χ0v) is 43.7. The van der Waals surface area contributed by atoms with E-state index in [1.165, 1.54) is 0 Å². The fourth-order valence-corrected chi connectivity index (χ4v) is 10.1. The first kappa shape index (κ1) is 57.0. The van der Waals surface area contributed by atoms with Crippen LogP contribution in [0.3, 0.4) is 0 Å². The average molecular weight is 1010 g/mol. The van der Waals surface area contributed by atoms with E-state index >= 15 is 0 Å². The summed E-state index contributed by atoms with van der Waals surface area (Å²) in [6, 6.07) is 20.3. The largest absolute Gasteiger partial charge is 0.392 e. The maximum absolute atomic E-state index is 14.2. The Labute approximate surface area is 424 Å². The molecule has 2 aliphatic heterocycles. The maximum Gasteiger partial charge on any atom is 0.247 e. The van der Waals surface area contributed by atoms with Gasteiger partial charge < -0.3 is 55.9 Å². The maximum atomic E-state index is 14.2. The summed E-state index contributed by atoms with van der Waals surface area (Å²) < 4.78 is 12.6. The molecule has 2 heterocycles. The molecule has 13 atom stereocenters. The molecule has 3 aromatic rings. The van der Waals surface area contributed by atoms with Crippen LogP contribution in [0.2, 0.25) is 5.02 Å². The van der Waals surface area contributed by atoms with Crippen LogP contribution < -0.4 is 21.3 Å². The summed E-state index contributed by atoms with van der Waals surface area (Å²) in [5, 5.41) is 47.8. The van der Waals surface area contributed by atoms with Gasteiger partial charge in [-0.25, -0.2) is 0 Å². The first-order valence-electron chi connectivity index (χ1n) is 24.8. The molecule has 0 spiro atoms. The van der Waals surface area contributed by atoms with E-state index in [-0.39, 0.29) is 68.5 Å². The van der Waals surface area contributed by atoms with Crippen molar-refractivity contribution in [1.29, 1.82) is 0 Å². The van der Waals surface area contributed by atoms with E-state index in [0.29, 0.717) is 22.7 Å². The van der Waals surface area contributed by atoms with Gasteiger partial charge in [-0.1, -0.05) is 107 Å². The van der Waals surface area contributed by atoms with E-state index in [9.17, 15) is 39.3 Å². The molecular formula is C54H77ClN6O10. The summed E-state index contributed by atoms with van der Waals surface area (Å²) >= 11 is 6.47. The van der Waals surface area contributed by atoms with Gasteiger partial charge in [-0.05, 0) is 93.9 Å². The van der Waals surface area contributed by atoms with Crippen LogP contribution in [-0.2, 0) is 52.7 Å². The minimum atomic E-state index is -1.65. The number of carbonyl (C=O) groups is 5. The van der Waals surface area contributed by atoms with Crippen molar-refractivity contribution in [3.8, 4) is 0 Å². The van der Waals surface area contributed by atoms with Crippen molar-refractivity contribution in [2.45, 2.75) is 147 Å². The molecular weight excluding hydrogens is 928 g/mol. The van der Waals surface area contributed by atoms with E-state index in [4.69, 9.17) is 21.1 Å². The SMILES string of the molecule is CC(C)[C@@H]1NC(=O)[C@H](C)[C@@H](O)[C@H](C)[C@@H](O[C@@H]2O[C@H](C)C[C@H](N(C)C)[C@H]2O)[C@](C)(O)C[C@@H](C)CN(C)C(=O)C[C@@H](Cc2ccc(NC(=O)[C@H](Cc3ccccc3Cl)NC(=O)Cc3ccccc3)cc2)NC1=O. The van der Waals surface area contributed by atoms with E-state index in [0.717, 1.165) is 11.1 Å². The third-order valence-electron chi connectivity index (χ3n) is 13.8. The van der Waals surface area contributed by atoms with Crippen molar-refractivity contribution >= 4 is 46.8 Å². The van der Waals surface area contributed by atoms with E-state index in [1.807, 2.05) is 69.2 Å². The average Bonchev–Trinajstić information content (AvgIpc) is 3.30. The predicted molar refractivity (Wildman–Crippen MR) is 273 cm³/mol. The molecule has 71 heavy (non-hydrogen) atoms. The Balaban J connectivity index is 1.36. The molecule has 2 fully saturated rings. The van der Waals surface area contributed by atoms with Gasteiger partial charge in [-0.15, -0.1) is 0 Å². The summed E-state index contributed by atoms with van der Waals surface area (Å²) in [6.45, 7) is 12.4. The third kappa shape index (κ3) is 16.0. The Kier molecular flexibility index (Phi) is 20.6. The van der Waals surface area contributed by atoms with Crippen LogP contribution in [-0.4, -0.2) is 143 Å². The van der Waals surface area contributed by atoms with Crippen LogP contribution in [0.4, 0.5) is 5.69 Å². The number of nitrogens with one attached hydrogen (secondary N) is 4. The number of hydrogen-bond acceptors (Lipinski definition) is 11. The fourth-order valence-electron chi connectivity index (χ4n) is 9.89. The van der Waals surface area contributed by atoms with Gasteiger partial charge in [0.1, 0.15) is 18.2 Å². The number of anilines is 1. The quantitative estimate of drug-likeness (QED) is 0.127. The van der Waals surface area contributed by atoms with Crippen molar-refractivity contribution < 1.29 is 48.8 Å². The van der Waals surface area contributed by atoms with Crippen molar-refractivity contribution in [3.05, 3.63) is 101 Å². The number of carbonyl (C=O) groups excluding carboxylic acids is 5. The van der Waals surface area contributed by atoms with Crippen molar-refractivity contribution in [1.82, 2.24) is 25.8 Å². The molecule has 390 valence electrons. The highest BCUT2D eigenvalue weighted by Gasteiger charge is 2.48. The van der Waals surface area contributed by atoms with Gasteiger partial charge in [0.05, 0.1) is 36.3 Å². The Morgan fingerprint density at radius 2 is 1.56 bits per heavy atom. The van der Waals surface area contributed by atoms with Gasteiger partial charge in [0.15, 0.2) is 6.29 Å². The Hall–Kier alpha value is -4.94. The van der Waals surface area contributed by atoms with E-state index < -0.39 is 83.8 Å². The zero-order chi connectivity index (χ0) is 52.3. The van der Waals surface area contributed by atoms with Crippen LogP contribution in [0, 0.1) is 23.7 Å². The number of likely N-dealkylation sites (N-methyl/N-ethyl adjacent to an activating group) is 1. The summed E-state index contributed by atoms with van der Waals surface area (Å²) in [4.78, 5) is 72.8. The molecule has 3 aromatic carbocycles. The number of amides is 5. The second kappa shape index (κ2) is 25.6. The number of benzene rings is 3. The minimum absolute atomic E-state index is 0.0844. The first-order valence-corrected chi connectivity index (χ1v) is 25.2. The van der Waals surface area contributed by atoms with E-state index in [2.05, 4.69) is 21.3 Å². The molecule has 17 heteroatoms. The van der Waals surface area contributed by atoms with Gasteiger partial charge >= 0.3 is 0 Å². The second-order valence-corrected chi connectivity index (χ2v) is 21.2. The number of rotatable bonds is 13. The van der Waals surface area contributed by atoms with E-state index in [1.54, 1.807) is 89.0 Å². The lowest BCUT2D eigenvalue weighted by atomic mass is 9.77. The first-order chi connectivity index (χ1) is 33.4. The monoisotopic (exact) mass is 1000 g/mol. The van der Waals surface area contributed by atoms with Crippen LogP contribution in [0.25, 0.3) is 0 Å². The molecule has 0 radical (unpaired) electrons. The van der Waals surface area contributed by atoms with Crippen molar-refractivity contribution in [2.75, 3.05) is 33.0 Å². The molecule has 7 N–H and O–H groups in total.